The summed E-state index contributed by atoms with van der Waals surface area (Å²) in [6.45, 7) is 2.00. The second-order valence-electron chi connectivity index (χ2n) is 7.37. The third-order valence-corrected chi connectivity index (χ3v) is 5.99. The molecule has 8 heteroatoms. The Morgan fingerprint density at radius 1 is 1.03 bits per heavy atom. The lowest BCUT2D eigenvalue weighted by atomic mass is 9.95. The van der Waals surface area contributed by atoms with Crippen molar-refractivity contribution in [2.24, 2.45) is 0 Å². The third-order valence-electron chi connectivity index (χ3n) is 5.25. The van der Waals surface area contributed by atoms with Gasteiger partial charge in [-0.2, -0.15) is 4.98 Å². The van der Waals surface area contributed by atoms with Gasteiger partial charge >= 0.3 is 6.01 Å². The van der Waals surface area contributed by atoms with Crippen LogP contribution < -0.4 is 10.1 Å². The summed E-state index contributed by atoms with van der Waals surface area (Å²) < 4.78 is 6.89. The summed E-state index contributed by atoms with van der Waals surface area (Å²) in [5.74, 6) is 0.291. The fourth-order valence-electron chi connectivity index (χ4n) is 3.55. The lowest BCUT2D eigenvalue weighted by molar-refractivity contribution is -0.117. The zero-order chi connectivity index (χ0) is 23.4. The van der Waals surface area contributed by atoms with Crippen LogP contribution in [0, 0.1) is 0 Å². The molecule has 4 rings (SSSR count). The van der Waals surface area contributed by atoms with E-state index in [0.717, 1.165) is 16.8 Å². The Kier molecular flexibility index (Phi) is 6.96. The molecule has 168 valence electrons. The molecule has 33 heavy (non-hydrogen) atoms. The number of nitrogens with zero attached hydrogens (tertiary/aromatic N) is 3. The Labute approximate surface area is 202 Å². The second-order valence-corrected chi connectivity index (χ2v) is 8.18. The van der Waals surface area contributed by atoms with E-state index in [1.54, 1.807) is 16.8 Å². The Morgan fingerprint density at radius 3 is 2.39 bits per heavy atom. The Hall–Kier alpha value is -3.35. The smallest absolute Gasteiger partial charge is 0.336 e. The van der Waals surface area contributed by atoms with Crippen molar-refractivity contribution in [3.05, 3.63) is 88.4 Å². The Balaban J connectivity index is 1.59. The van der Waals surface area contributed by atoms with Crippen molar-refractivity contribution in [3.63, 3.8) is 0 Å². The number of carbonyl (C=O) groups is 1. The maximum absolute atomic E-state index is 12.9. The number of rotatable bonds is 7. The van der Waals surface area contributed by atoms with Gasteiger partial charge in [-0.05, 0) is 54.4 Å². The molecule has 1 amide bonds. The molecule has 0 fully saturated rings. The monoisotopic (exact) mass is 480 g/mol. The molecule has 0 saturated carbocycles. The molecule has 1 heterocycles. The fraction of sp³-hybridized carbons (Fsp3) is 0.160. The highest BCUT2D eigenvalue weighted by atomic mass is 35.5. The normalized spacial score (nSPS) is 11.8. The van der Waals surface area contributed by atoms with E-state index in [1.807, 2.05) is 67.6 Å². The van der Waals surface area contributed by atoms with E-state index in [-0.39, 0.29) is 17.8 Å². The first kappa shape index (κ1) is 22.8. The predicted molar refractivity (Wildman–Crippen MR) is 131 cm³/mol. The molecular weight excluding hydrogens is 459 g/mol. The van der Waals surface area contributed by atoms with Gasteiger partial charge < -0.3 is 10.1 Å². The summed E-state index contributed by atoms with van der Waals surface area (Å²) in [6.07, 6.45) is 0.708. The first-order valence-electron chi connectivity index (χ1n) is 10.4. The average molecular weight is 481 g/mol. The van der Waals surface area contributed by atoms with Crippen molar-refractivity contribution in [2.75, 3.05) is 12.4 Å². The first-order valence-corrected chi connectivity index (χ1v) is 11.2. The number of methoxy groups -OCH3 is 1. The van der Waals surface area contributed by atoms with Crippen molar-refractivity contribution in [1.82, 2.24) is 14.8 Å². The van der Waals surface area contributed by atoms with Gasteiger partial charge in [0, 0.05) is 11.3 Å². The molecule has 4 aromatic rings. The average Bonchev–Trinajstić information content (AvgIpc) is 3.27. The number of amides is 1. The number of hydrogen-bond donors (Lipinski definition) is 1. The molecular formula is C25H22Cl2N4O2. The zero-order valence-electron chi connectivity index (χ0n) is 18.1. The van der Waals surface area contributed by atoms with E-state index >= 15 is 0 Å². The lowest BCUT2D eigenvalue weighted by Crippen LogP contribution is -2.20. The van der Waals surface area contributed by atoms with Gasteiger partial charge in [0.05, 0.1) is 28.8 Å². The van der Waals surface area contributed by atoms with Crippen LogP contribution in [0.3, 0.4) is 0 Å². The number of anilines is 1. The number of nitrogens with one attached hydrogen (secondary N) is 1. The van der Waals surface area contributed by atoms with Crippen LogP contribution in [0.25, 0.3) is 17.1 Å². The maximum atomic E-state index is 12.9. The summed E-state index contributed by atoms with van der Waals surface area (Å²) in [6, 6.07) is 22.6. The summed E-state index contributed by atoms with van der Waals surface area (Å²) in [4.78, 5) is 17.3. The fourth-order valence-corrected chi connectivity index (χ4v) is 3.85. The molecule has 6 nitrogen and oxygen atoms in total. The molecule has 0 aliphatic rings. The van der Waals surface area contributed by atoms with E-state index in [4.69, 9.17) is 27.9 Å². The largest absolute Gasteiger partial charge is 0.466 e. The molecule has 0 saturated heterocycles. The summed E-state index contributed by atoms with van der Waals surface area (Å²) >= 11 is 12.2. The number of aromatic nitrogens is 3. The van der Waals surface area contributed by atoms with Gasteiger partial charge in [0.1, 0.15) is 0 Å². The van der Waals surface area contributed by atoms with Crippen molar-refractivity contribution < 1.29 is 9.53 Å². The molecule has 0 aliphatic heterocycles. The van der Waals surface area contributed by atoms with Gasteiger partial charge in [0.2, 0.25) is 5.91 Å². The minimum atomic E-state index is -0.216. The van der Waals surface area contributed by atoms with Gasteiger partial charge in [-0.15, -0.1) is 5.10 Å². The third kappa shape index (κ3) is 5.02. The van der Waals surface area contributed by atoms with Crippen molar-refractivity contribution in [1.29, 1.82) is 0 Å². The van der Waals surface area contributed by atoms with Gasteiger partial charge in [-0.25, -0.2) is 4.68 Å². The molecule has 1 unspecified atom stereocenters. The van der Waals surface area contributed by atoms with Crippen LogP contribution in [0.1, 0.15) is 24.8 Å². The number of ether oxygens (including phenoxy) is 1. The SMILES string of the molecule is CCC(C(=O)Nc1ccc(-n2nc(OC)nc2-c2ccc(Cl)c(Cl)c2)cc1)c1ccccc1. The van der Waals surface area contributed by atoms with Crippen molar-refractivity contribution in [2.45, 2.75) is 19.3 Å². The highest BCUT2D eigenvalue weighted by Gasteiger charge is 2.19. The van der Waals surface area contributed by atoms with Crippen LogP contribution in [-0.4, -0.2) is 27.8 Å². The predicted octanol–water partition coefficient (Wildman–Crippen LogP) is 6.38. The molecule has 3 aromatic carbocycles. The number of carbonyl (C=O) groups excluding carboxylic acids is 1. The molecule has 0 bridgehead atoms. The Morgan fingerprint density at radius 2 is 1.76 bits per heavy atom. The molecule has 1 aromatic heterocycles. The van der Waals surface area contributed by atoms with Crippen LogP contribution in [0.5, 0.6) is 6.01 Å². The molecule has 0 spiro atoms. The molecule has 0 aliphatic carbocycles. The lowest BCUT2D eigenvalue weighted by Gasteiger charge is -2.15. The molecule has 1 atom stereocenters. The van der Waals surface area contributed by atoms with Gasteiger partial charge in [0.25, 0.3) is 0 Å². The zero-order valence-corrected chi connectivity index (χ0v) is 19.6. The highest BCUT2D eigenvalue weighted by molar-refractivity contribution is 6.42. The maximum Gasteiger partial charge on any atom is 0.336 e. The number of hydrogen-bond acceptors (Lipinski definition) is 4. The minimum absolute atomic E-state index is 0.0460. The summed E-state index contributed by atoms with van der Waals surface area (Å²) in [5, 5.41) is 8.30. The van der Waals surface area contributed by atoms with Crippen LogP contribution in [-0.2, 0) is 4.79 Å². The van der Waals surface area contributed by atoms with Crippen LogP contribution in [0.4, 0.5) is 5.69 Å². The van der Waals surface area contributed by atoms with Crippen LogP contribution in [0.15, 0.2) is 72.8 Å². The van der Waals surface area contributed by atoms with E-state index in [2.05, 4.69) is 15.4 Å². The minimum Gasteiger partial charge on any atom is -0.466 e. The standard InChI is InChI=1S/C25H22Cl2N4O2/c1-3-20(16-7-5-4-6-8-16)24(32)28-18-10-12-19(13-11-18)31-23(29-25(30-31)33-2)17-9-14-21(26)22(27)15-17/h4-15,20H,3H2,1-2H3,(H,28,32). The molecule has 1 N–H and O–H groups in total. The highest BCUT2D eigenvalue weighted by Crippen LogP contribution is 2.30. The summed E-state index contributed by atoms with van der Waals surface area (Å²) in [5.41, 5.74) is 3.18. The Bertz CT molecular complexity index is 1260. The number of benzene rings is 3. The van der Waals surface area contributed by atoms with E-state index < -0.39 is 0 Å². The first-order chi connectivity index (χ1) is 16.0. The van der Waals surface area contributed by atoms with E-state index in [0.29, 0.717) is 28.0 Å². The molecule has 0 radical (unpaired) electrons. The van der Waals surface area contributed by atoms with Gasteiger partial charge in [-0.3, -0.25) is 4.79 Å². The number of halogens is 2. The van der Waals surface area contributed by atoms with E-state index in [1.165, 1.54) is 7.11 Å². The topological polar surface area (TPSA) is 69.0 Å². The van der Waals surface area contributed by atoms with Crippen molar-refractivity contribution in [3.8, 4) is 23.1 Å². The second kappa shape index (κ2) is 10.1. The van der Waals surface area contributed by atoms with Crippen molar-refractivity contribution >= 4 is 34.8 Å². The quantitative estimate of drug-likeness (QED) is 0.333. The van der Waals surface area contributed by atoms with Crippen LogP contribution >= 0.6 is 23.2 Å². The van der Waals surface area contributed by atoms with Gasteiger partial charge in [0.15, 0.2) is 5.82 Å². The van der Waals surface area contributed by atoms with Crippen LogP contribution in [0.2, 0.25) is 10.0 Å². The van der Waals surface area contributed by atoms with Gasteiger partial charge in [-0.1, -0.05) is 60.5 Å². The summed E-state index contributed by atoms with van der Waals surface area (Å²) in [7, 11) is 1.51. The van der Waals surface area contributed by atoms with E-state index in [9.17, 15) is 4.79 Å².